The van der Waals surface area contributed by atoms with Crippen molar-refractivity contribution in [3.05, 3.63) is 40.2 Å². The molecule has 0 saturated heterocycles. The van der Waals surface area contributed by atoms with Crippen molar-refractivity contribution in [2.24, 2.45) is 5.10 Å². The first-order chi connectivity index (χ1) is 12.4. The van der Waals surface area contributed by atoms with Gasteiger partial charge >= 0.3 is 0 Å². The van der Waals surface area contributed by atoms with E-state index in [1.807, 2.05) is 19.9 Å². The Hall–Kier alpha value is -2.32. The lowest BCUT2D eigenvalue weighted by Crippen LogP contribution is -2.19. The monoisotopic (exact) mass is 394 g/mol. The normalized spacial score (nSPS) is 10.9. The number of hydrogen-bond acceptors (Lipinski definition) is 7. The summed E-state index contributed by atoms with van der Waals surface area (Å²) in [5, 5.41) is 14.4. The van der Waals surface area contributed by atoms with E-state index in [0.717, 1.165) is 11.4 Å². The van der Waals surface area contributed by atoms with Crippen molar-refractivity contribution in [3.8, 4) is 11.5 Å². The Kier molecular flexibility index (Phi) is 7.23. The van der Waals surface area contributed by atoms with Crippen molar-refractivity contribution in [1.82, 2.24) is 15.4 Å². The first kappa shape index (κ1) is 20.0. The minimum atomic E-state index is -0.288. The highest BCUT2D eigenvalue weighted by Gasteiger charge is 2.09. The average Bonchev–Trinajstić information content (AvgIpc) is 2.57. The van der Waals surface area contributed by atoms with Crippen molar-refractivity contribution in [3.63, 3.8) is 0 Å². The molecule has 0 aliphatic carbocycles. The molecule has 0 fully saturated rings. The van der Waals surface area contributed by atoms with Gasteiger partial charge in [-0.25, -0.2) is 15.4 Å². The van der Waals surface area contributed by atoms with Crippen molar-refractivity contribution >= 4 is 35.5 Å². The number of halogens is 1. The summed E-state index contributed by atoms with van der Waals surface area (Å²) in [6.07, 6.45) is 1.42. The van der Waals surface area contributed by atoms with Gasteiger partial charge in [-0.1, -0.05) is 23.4 Å². The van der Waals surface area contributed by atoms with Gasteiger partial charge in [0.1, 0.15) is 0 Å². The number of rotatable bonds is 7. The molecule has 1 aromatic heterocycles. The predicted molar refractivity (Wildman–Crippen MR) is 102 cm³/mol. The lowest BCUT2D eigenvalue weighted by atomic mass is 10.2. The van der Waals surface area contributed by atoms with Crippen LogP contribution < -0.4 is 10.2 Å². The Balaban J connectivity index is 1.92. The molecule has 0 bridgehead atoms. The van der Waals surface area contributed by atoms with Gasteiger partial charge in [0, 0.05) is 11.4 Å². The number of carbonyl (C=O) groups excluding carboxylic acids is 1. The molecule has 0 aliphatic rings. The fourth-order valence-electron chi connectivity index (χ4n) is 2.03. The largest absolute Gasteiger partial charge is 0.503 e. The van der Waals surface area contributed by atoms with Crippen LogP contribution in [0.3, 0.4) is 0 Å². The van der Waals surface area contributed by atoms with Gasteiger partial charge in [-0.3, -0.25) is 4.79 Å². The summed E-state index contributed by atoms with van der Waals surface area (Å²) >= 11 is 7.18. The molecule has 0 saturated carbocycles. The van der Waals surface area contributed by atoms with Gasteiger partial charge in [0.15, 0.2) is 16.7 Å². The number of benzene rings is 1. The summed E-state index contributed by atoms with van der Waals surface area (Å²) in [6.45, 7) is 5.94. The minimum Gasteiger partial charge on any atom is -0.503 e. The number of phenolic OH excluding ortho intramolecular Hbond substituents is 1. The second-order valence-corrected chi connectivity index (χ2v) is 6.65. The van der Waals surface area contributed by atoms with Gasteiger partial charge in [-0.2, -0.15) is 5.10 Å². The maximum absolute atomic E-state index is 11.9. The third kappa shape index (κ3) is 5.89. The summed E-state index contributed by atoms with van der Waals surface area (Å²) in [7, 11) is 0. The Morgan fingerprint density at radius 1 is 1.35 bits per heavy atom. The number of aryl methyl sites for hydroxylation is 2. The summed E-state index contributed by atoms with van der Waals surface area (Å²) in [6, 6.07) is 4.97. The van der Waals surface area contributed by atoms with E-state index in [-0.39, 0.29) is 28.2 Å². The molecule has 0 aliphatic heterocycles. The van der Waals surface area contributed by atoms with Gasteiger partial charge in [-0.05, 0) is 44.5 Å². The number of amides is 1. The van der Waals surface area contributed by atoms with Gasteiger partial charge in [0.05, 0.1) is 23.6 Å². The highest BCUT2D eigenvalue weighted by atomic mass is 35.5. The molecule has 7 nitrogen and oxygen atoms in total. The molecule has 138 valence electrons. The third-order valence-corrected chi connectivity index (χ3v) is 4.18. The maximum atomic E-state index is 11.9. The van der Waals surface area contributed by atoms with E-state index < -0.39 is 0 Å². The number of nitrogens with one attached hydrogen (secondary N) is 1. The van der Waals surface area contributed by atoms with Crippen LogP contribution in [-0.2, 0) is 4.79 Å². The van der Waals surface area contributed by atoms with E-state index in [1.165, 1.54) is 24.0 Å². The highest BCUT2D eigenvalue weighted by molar-refractivity contribution is 7.99. The smallest absolute Gasteiger partial charge is 0.250 e. The lowest BCUT2D eigenvalue weighted by Gasteiger charge is -2.08. The Morgan fingerprint density at radius 3 is 2.69 bits per heavy atom. The number of hydrazone groups is 1. The van der Waals surface area contributed by atoms with E-state index in [9.17, 15) is 9.90 Å². The Morgan fingerprint density at radius 2 is 2.04 bits per heavy atom. The van der Waals surface area contributed by atoms with Crippen molar-refractivity contribution in [2.75, 3.05) is 12.4 Å². The summed E-state index contributed by atoms with van der Waals surface area (Å²) in [4.78, 5) is 20.4. The molecule has 0 spiro atoms. The van der Waals surface area contributed by atoms with Crippen LogP contribution in [0.15, 0.2) is 28.5 Å². The van der Waals surface area contributed by atoms with Crippen LogP contribution in [0.5, 0.6) is 11.5 Å². The zero-order valence-electron chi connectivity index (χ0n) is 14.6. The molecular formula is C17H19ClN4O3S. The van der Waals surface area contributed by atoms with E-state index in [4.69, 9.17) is 16.3 Å². The van der Waals surface area contributed by atoms with Crippen LogP contribution in [0.2, 0.25) is 5.02 Å². The fraction of sp³-hybridized carbons (Fsp3) is 0.294. The molecule has 0 unspecified atom stereocenters. The number of thioether (sulfide) groups is 1. The van der Waals surface area contributed by atoms with E-state index in [1.54, 1.807) is 13.0 Å². The van der Waals surface area contributed by atoms with E-state index in [0.29, 0.717) is 17.3 Å². The molecule has 9 heteroatoms. The molecule has 1 heterocycles. The van der Waals surface area contributed by atoms with Gasteiger partial charge in [0.25, 0.3) is 5.91 Å². The van der Waals surface area contributed by atoms with Crippen molar-refractivity contribution in [2.45, 2.75) is 25.9 Å². The molecule has 2 N–H and O–H groups in total. The van der Waals surface area contributed by atoms with Crippen LogP contribution in [0, 0.1) is 13.8 Å². The molecule has 0 atom stereocenters. The lowest BCUT2D eigenvalue weighted by molar-refractivity contribution is -0.118. The molecule has 1 amide bonds. The number of nitrogens with zero attached hydrogens (tertiary/aromatic N) is 3. The maximum Gasteiger partial charge on any atom is 0.250 e. The Labute approximate surface area is 160 Å². The zero-order valence-corrected chi connectivity index (χ0v) is 16.2. The molecule has 0 radical (unpaired) electrons. The third-order valence-electron chi connectivity index (χ3n) is 3.05. The summed E-state index contributed by atoms with van der Waals surface area (Å²) in [5.74, 6) is -0.0143. The number of hydrogen-bond donors (Lipinski definition) is 2. The molecule has 2 aromatic rings. The number of aromatic hydroxyl groups is 1. The Bertz CT molecular complexity index is 810. The average molecular weight is 395 g/mol. The van der Waals surface area contributed by atoms with Crippen LogP contribution in [-0.4, -0.2) is 39.6 Å². The van der Waals surface area contributed by atoms with E-state index >= 15 is 0 Å². The summed E-state index contributed by atoms with van der Waals surface area (Å²) < 4.78 is 5.29. The van der Waals surface area contributed by atoms with Crippen LogP contribution >= 0.6 is 23.4 Å². The highest BCUT2D eigenvalue weighted by Crippen LogP contribution is 2.34. The van der Waals surface area contributed by atoms with Crippen LogP contribution in [0.1, 0.15) is 23.9 Å². The molecular weight excluding hydrogens is 376 g/mol. The predicted octanol–water partition coefficient (Wildman–Crippen LogP) is 3.09. The number of phenols is 1. The standard InChI is InChI=1S/C17H19ClN4O3S/c1-4-25-14-7-12(6-13(18)16(14)24)8-19-22-15(23)9-26-17-20-10(2)5-11(3)21-17/h5-8,24H,4,9H2,1-3H3,(H,22,23)/b19-8-. The van der Waals surface area contributed by atoms with Crippen molar-refractivity contribution < 1.29 is 14.6 Å². The van der Waals surface area contributed by atoms with Gasteiger partial charge in [0.2, 0.25) is 0 Å². The fourth-order valence-corrected chi connectivity index (χ4v) is 2.99. The molecule has 26 heavy (non-hydrogen) atoms. The number of aromatic nitrogens is 2. The van der Waals surface area contributed by atoms with Crippen LogP contribution in [0.25, 0.3) is 0 Å². The second kappa shape index (κ2) is 9.40. The SMILES string of the molecule is CCOc1cc(/C=N\NC(=O)CSc2nc(C)cc(C)n2)cc(Cl)c1O. The minimum absolute atomic E-state index is 0.125. The second-order valence-electron chi connectivity index (χ2n) is 5.30. The van der Waals surface area contributed by atoms with Gasteiger partial charge in [-0.15, -0.1) is 0 Å². The zero-order chi connectivity index (χ0) is 19.1. The topological polar surface area (TPSA) is 96.7 Å². The number of carbonyl (C=O) groups is 1. The van der Waals surface area contributed by atoms with Crippen molar-refractivity contribution in [1.29, 1.82) is 0 Å². The molecule has 1 aromatic carbocycles. The van der Waals surface area contributed by atoms with Crippen LogP contribution in [0.4, 0.5) is 0 Å². The first-order valence-electron chi connectivity index (χ1n) is 7.81. The summed E-state index contributed by atoms with van der Waals surface area (Å²) in [5.41, 5.74) is 4.72. The van der Waals surface area contributed by atoms with Gasteiger partial charge < -0.3 is 9.84 Å². The number of ether oxygens (including phenoxy) is 1. The van der Waals surface area contributed by atoms with E-state index in [2.05, 4.69) is 20.5 Å². The quantitative estimate of drug-likeness (QED) is 0.324. The first-order valence-corrected chi connectivity index (χ1v) is 9.17. The molecule has 2 rings (SSSR count).